The first kappa shape index (κ1) is 17.4. The van der Waals surface area contributed by atoms with Gasteiger partial charge in [0, 0.05) is 32.7 Å². The Labute approximate surface area is 145 Å². The molecule has 25 heavy (non-hydrogen) atoms. The van der Waals surface area contributed by atoms with Gasteiger partial charge in [0.05, 0.1) is 17.0 Å². The highest BCUT2D eigenvalue weighted by atomic mass is 16.5. The monoisotopic (exact) mass is 345 g/mol. The molecule has 1 saturated heterocycles. The smallest absolute Gasteiger partial charge is 0.328 e. The SMILES string of the molecule is CCO[C@@H]1CCCN(C(=O)CCn2c(=O)[nH]c(=O)c3ccccc32)C1. The highest BCUT2D eigenvalue weighted by Crippen LogP contribution is 2.15. The van der Waals surface area contributed by atoms with Crippen LogP contribution in [0.2, 0.25) is 0 Å². The van der Waals surface area contributed by atoms with Gasteiger partial charge in [0.25, 0.3) is 5.56 Å². The van der Waals surface area contributed by atoms with Gasteiger partial charge in [-0.3, -0.25) is 19.1 Å². The maximum Gasteiger partial charge on any atom is 0.328 e. The zero-order valence-corrected chi connectivity index (χ0v) is 14.4. The number of carbonyl (C=O) groups excluding carboxylic acids is 1. The molecule has 1 amide bonds. The normalized spacial score (nSPS) is 17.8. The van der Waals surface area contributed by atoms with Crippen molar-refractivity contribution < 1.29 is 9.53 Å². The molecule has 0 saturated carbocycles. The largest absolute Gasteiger partial charge is 0.377 e. The second-order valence-electron chi connectivity index (χ2n) is 6.24. The number of aromatic nitrogens is 2. The number of hydrogen-bond acceptors (Lipinski definition) is 4. The van der Waals surface area contributed by atoms with Gasteiger partial charge in [0.15, 0.2) is 0 Å². The fraction of sp³-hybridized carbons (Fsp3) is 0.500. The minimum atomic E-state index is -0.484. The number of aryl methyl sites for hydroxylation is 1. The van der Waals surface area contributed by atoms with Crippen LogP contribution in [0.15, 0.2) is 33.9 Å². The number of aromatic amines is 1. The van der Waals surface area contributed by atoms with Gasteiger partial charge in [-0.15, -0.1) is 0 Å². The molecule has 1 fully saturated rings. The molecular formula is C18H23N3O4. The van der Waals surface area contributed by atoms with Crippen molar-refractivity contribution in [2.75, 3.05) is 19.7 Å². The average Bonchev–Trinajstić information content (AvgIpc) is 2.62. The molecule has 2 heterocycles. The number of hydrogen-bond donors (Lipinski definition) is 1. The number of benzene rings is 1. The van der Waals surface area contributed by atoms with Gasteiger partial charge >= 0.3 is 5.69 Å². The summed E-state index contributed by atoms with van der Waals surface area (Å²) in [6.45, 7) is 4.17. The molecule has 7 nitrogen and oxygen atoms in total. The van der Waals surface area contributed by atoms with Crippen molar-refractivity contribution in [1.29, 1.82) is 0 Å². The third kappa shape index (κ3) is 3.82. The summed E-state index contributed by atoms with van der Waals surface area (Å²) < 4.78 is 7.08. The Morgan fingerprint density at radius 2 is 2.12 bits per heavy atom. The van der Waals surface area contributed by atoms with Gasteiger partial charge in [-0.2, -0.15) is 0 Å². The third-order valence-electron chi connectivity index (χ3n) is 4.59. The number of ether oxygens (including phenoxy) is 1. The first-order valence-electron chi connectivity index (χ1n) is 8.71. The van der Waals surface area contributed by atoms with E-state index in [1.54, 1.807) is 24.3 Å². The van der Waals surface area contributed by atoms with Gasteiger partial charge in [-0.05, 0) is 31.9 Å². The number of rotatable bonds is 5. The minimum absolute atomic E-state index is 0.00610. The fourth-order valence-corrected chi connectivity index (χ4v) is 3.37. The number of nitrogens with zero attached hydrogens (tertiary/aromatic N) is 2. The molecule has 1 N–H and O–H groups in total. The quantitative estimate of drug-likeness (QED) is 0.880. The van der Waals surface area contributed by atoms with Crippen LogP contribution in [0.1, 0.15) is 26.2 Å². The molecular weight excluding hydrogens is 322 g/mol. The zero-order valence-electron chi connectivity index (χ0n) is 14.4. The molecule has 0 spiro atoms. The van der Waals surface area contributed by atoms with E-state index in [-0.39, 0.29) is 25.0 Å². The van der Waals surface area contributed by atoms with Crippen LogP contribution in [-0.2, 0) is 16.1 Å². The third-order valence-corrected chi connectivity index (χ3v) is 4.59. The Kier molecular flexibility index (Phi) is 5.33. The number of nitrogens with one attached hydrogen (secondary N) is 1. The molecule has 3 rings (SSSR count). The van der Waals surface area contributed by atoms with Crippen LogP contribution in [0.25, 0.3) is 10.9 Å². The number of piperidine rings is 1. The van der Waals surface area contributed by atoms with E-state index in [0.717, 1.165) is 19.4 Å². The van der Waals surface area contributed by atoms with Crippen molar-refractivity contribution in [3.63, 3.8) is 0 Å². The van der Waals surface area contributed by atoms with Crippen molar-refractivity contribution >= 4 is 16.8 Å². The number of fused-ring (bicyclic) bond motifs is 1. The molecule has 7 heteroatoms. The lowest BCUT2D eigenvalue weighted by Gasteiger charge is -2.32. The standard InChI is InChI=1S/C18H23N3O4/c1-2-25-13-6-5-10-20(12-13)16(22)9-11-21-15-8-4-3-7-14(15)17(23)19-18(21)24/h3-4,7-8,13H,2,5-6,9-12H2,1H3,(H,19,23,24)/t13-/m1/s1. The summed E-state index contributed by atoms with van der Waals surface area (Å²) in [6, 6.07) is 6.92. The first-order valence-corrected chi connectivity index (χ1v) is 8.71. The van der Waals surface area contributed by atoms with Crippen molar-refractivity contribution in [1.82, 2.24) is 14.5 Å². The second-order valence-corrected chi connectivity index (χ2v) is 6.24. The Balaban J connectivity index is 1.73. The summed E-state index contributed by atoms with van der Waals surface area (Å²) in [4.78, 5) is 40.7. The number of para-hydroxylation sites is 1. The van der Waals surface area contributed by atoms with Gasteiger partial charge < -0.3 is 9.64 Å². The molecule has 1 aliphatic rings. The summed E-state index contributed by atoms with van der Waals surface area (Å²) in [5.41, 5.74) is -0.337. The van der Waals surface area contributed by atoms with Crippen molar-refractivity contribution in [2.24, 2.45) is 0 Å². The Morgan fingerprint density at radius 3 is 2.92 bits per heavy atom. The van der Waals surface area contributed by atoms with Crippen LogP contribution in [-0.4, -0.2) is 46.2 Å². The minimum Gasteiger partial charge on any atom is -0.377 e. The summed E-state index contributed by atoms with van der Waals surface area (Å²) in [6.07, 6.45) is 2.22. The molecule has 0 unspecified atom stereocenters. The van der Waals surface area contributed by atoms with E-state index in [2.05, 4.69) is 4.98 Å². The van der Waals surface area contributed by atoms with Crippen LogP contribution < -0.4 is 11.2 Å². The van der Waals surface area contributed by atoms with Gasteiger partial charge in [-0.1, -0.05) is 12.1 Å². The van der Waals surface area contributed by atoms with Crippen molar-refractivity contribution in [2.45, 2.75) is 38.8 Å². The van der Waals surface area contributed by atoms with Crippen molar-refractivity contribution in [3.05, 3.63) is 45.1 Å². The molecule has 0 radical (unpaired) electrons. The van der Waals surface area contributed by atoms with E-state index in [9.17, 15) is 14.4 Å². The first-order chi connectivity index (χ1) is 12.1. The molecule has 1 aliphatic heterocycles. The number of carbonyl (C=O) groups is 1. The fourth-order valence-electron chi connectivity index (χ4n) is 3.37. The lowest BCUT2D eigenvalue weighted by Crippen LogP contribution is -2.43. The molecule has 1 aromatic carbocycles. The van der Waals surface area contributed by atoms with Gasteiger partial charge in [0.1, 0.15) is 0 Å². The average molecular weight is 345 g/mol. The van der Waals surface area contributed by atoms with Crippen molar-refractivity contribution in [3.8, 4) is 0 Å². The molecule has 2 aromatic rings. The van der Waals surface area contributed by atoms with E-state index in [1.807, 2.05) is 11.8 Å². The van der Waals surface area contributed by atoms with E-state index in [4.69, 9.17) is 4.74 Å². The lowest BCUT2D eigenvalue weighted by atomic mass is 10.1. The van der Waals surface area contributed by atoms with Gasteiger partial charge in [0.2, 0.25) is 5.91 Å². The summed E-state index contributed by atoms with van der Waals surface area (Å²) in [7, 11) is 0. The highest BCUT2D eigenvalue weighted by Gasteiger charge is 2.23. The Hall–Kier alpha value is -2.41. The molecule has 134 valence electrons. The summed E-state index contributed by atoms with van der Waals surface area (Å²) >= 11 is 0. The van der Waals surface area contributed by atoms with Gasteiger partial charge in [-0.25, -0.2) is 4.79 Å². The maximum absolute atomic E-state index is 12.5. The predicted octanol–water partition coefficient (Wildman–Crippen LogP) is 1.11. The molecule has 1 atom stereocenters. The van der Waals surface area contributed by atoms with Crippen LogP contribution in [0, 0.1) is 0 Å². The zero-order chi connectivity index (χ0) is 17.8. The maximum atomic E-state index is 12.5. The van der Waals surface area contributed by atoms with E-state index < -0.39 is 11.2 Å². The van der Waals surface area contributed by atoms with Crippen LogP contribution in [0.4, 0.5) is 0 Å². The molecule has 0 aliphatic carbocycles. The Bertz CT molecular complexity index is 868. The van der Waals surface area contributed by atoms with E-state index >= 15 is 0 Å². The van der Waals surface area contributed by atoms with Crippen LogP contribution >= 0.6 is 0 Å². The number of likely N-dealkylation sites (tertiary alicyclic amines) is 1. The lowest BCUT2D eigenvalue weighted by molar-refractivity contribution is -0.135. The number of H-pyrrole nitrogens is 1. The van der Waals surface area contributed by atoms with Crippen LogP contribution in [0.3, 0.4) is 0 Å². The predicted molar refractivity (Wildman–Crippen MR) is 94.7 cm³/mol. The van der Waals surface area contributed by atoms with E-state index in [0.29, 0.717) is 24.1 Å². The topological polar surface area (TPSA) is 84.4 Å². The second kappa shape index (κ2) is 7.65. The summed E-state index contributed by atoms with van der Waals surface area (Å²) in [5.74, 6) is 0.00610. The molecule has 1 aromatic heterocycles. The molecule has 0 bridgehead atoms. The van der Waals surface area contributed by atoms with Crippen LogP contribution in [0.5, 0.6) is 0 Å². The Morgan fingerprint density at radius 1 is 1.32 bits per heavy atom. The number of amides is 1. The summed E-state index contributed by atoms with van der Waals surface area (Å²) in [5, 5.41) is 0.448. The highest BCUT2D eigenvalue weighted by molar-refractivity contribution is 5.79. The van der Waals surface area contributed by atoms with E-state index in [1.165, 1.54) is 4.57 Å².